The fourth-order valence-corrected chi connectivity index (χ4v) is 8.20. The molecule has 4 aromatic heterocycles. The third-order valence-electron chi connectivity index (χ3n) is 11.0. The largest absolute Gasteiger partial charge is 0.298 e. The molecular weight excluding hydrogens is 719 g/mol. The van der Waals surface area contributed by atoms with E-state index < -0.39 is 0 Å². The topological polar surface area (TPSA) is 56.0 Å². The predicted molar refractivity (Wildman–Crippen MR) is 242 cm³/mol. The highest BCUT2D eigenvalue weighted by atomic mass is 15.0. The summed E-state index contributed by atoms with van der Waals surface area (Å²) in [5.74, 6) is 0.661. The number of benzene rings is 7. The first-order chi connectivity index (χ1) is 29.2. The molecular formula is C54H35N5. The third-order valence-corrected chi connectivity index (χ3v) is 11.0. The summed E-state index contributed by atoms with van der Waals surface area (Å²) in [6.45, 7) is 0. The zero-order valence-electron chi connectivity index (χ0n) is 31.9. The van der Waals surface area contributed by atoms with Gasteiger partial charge in [-0.2, -0.15) is 0 Å². The maximum absolute atomic E-state index is 5.48. The van der Waals surface area contributed by atoms with Crippen LogP contribution in [0, 0.1) is 0 Å². The summed E-state index contributed by atoms with van der Waals surface area (Å²) < 4.78 is 2.15. The summed E-state index contributed by atoms with van der Waals surface area (Å²) in [6.07, 6.45) is 2.07. The second-order valence-corrected chi connectivity index (χ2v) is 14.7. The summed E-state index contributed by atoms with van der Waals surface area (Å²) in [5.41, 5.74) is 16.6. The minimum atomic E-state index is 0.661. The summed E-state index contributed by atoms with van der Waals surface area (Å²) in [7, 11) is 0. The molecule has 0 fully saturated rings. The molecule has 276 valence electrons. The second kappa shape index (κ2) is 14.5. The van der Waals surface area contributed by atoms with Gasteiger partial charge in [-0.1, -0.05) is 170 Å². The predicted octanol–water partition coefficient (Wildman–Crippen LogP) is 13.5. The molecule has 0 aliphatic carbocycles. The lowest BCUT2D eigenvalue weighted by molar-refractivity contribution is 1.18. The van der Waals surface area contributed by atoms with Crippen molar-refractivity contribution in [1.29, 1.82) is 0 Å². The summed E-state index contributed by atoms with van der Waals surface area (Å²) in [4.78, 5) is 21.4. The van der Waals surface area contributed by atoms with Crippen LogP contribution in [0.2, 0.25) is 0 Å². The van der Waals surface area contributed by atoms with Crippen molar-refractivity contribution >= 4 is 27.6 Å². The molecule has 0 N–H and O–H groups in total. The van der Waals surface area contributed by atoms with Gasteiger partial charge < -0.3 is 0 Å². The van der Waals surface area contributed by atoms with Crippen LogP contribution in [-0.2, 0) is 0 Å². The minimum absolute atomic E-state index is 0.661. The van der Waals surface area contributed by atoms with Crippen LogP contribution < -0.4 is 0 Å². The van der Waals surface area contributed by atoms with Crippen LogP contribution in [0.3, 0.4) is 0 Å². The Bertz CT molecular complexity index is 3220. The highest BCUT2D eigenvalue weighted by Crippen LogP contribution is 2.43. The molecule has 0 amide bonds. The van der Waals surface area contributed by atoms with E-state index in [1.54, 1.807) is 0 Å². The molecule has 0 spiro atoms. The second-order valence-electron chi connectivity index (χ2n) is 14.7. The van der Waals surface area contributed by atoms with Crippen LogP contribution in [0.5, 0.6) is 0 Å². The molecule has 0 aliphatic heterocycles. The number of nitrogens with zero attached hydrogens (tertiary/aromatic N) is 5. The molecule has 5 nitrogen and oxygen atoms in total. The van der Waals surface area contributed by atoms with Crippen molar-refractivity contribution < 1.29 is 0 Å². The summed E-state index contributed by atoms with van der Waals surface area (Å²) in [6, 6.07) is 71.7. The standard InChI is InChI=1S/C54H35N5/c1-4-17-36(18-5-1)39-23-14-26-42(33-39)49-48(50(58-54(57-49)38-21-8-3-9-22-38)43-27-15-24-40(34-43)37-19-6-2-7-20-37)41-25-16-28-44(35-41)51-53-52(45-29-10-11-30-46(45)55-51)56-47-31-12-13-32-59(47)53/h1-35H. The van der Waals surface area contributed by atoms with Crippen molar-refractivity contribution in [3.05, 3.63) is 212 Å². The van der Waals surface area contributed by atoms with Crippen molar-refractivity contribution in [2.24, 2.45) is 0 Å². The van der Waals surface area contributed by atoms with Gasteiger partial charge in [-0.15, -0.1) is 0 Å². The molecule has 0 atom stereocenters. The zero-order valence-corrected chi connectivity index (χ0v) is 31.9. The van der Waals surface area contributed by atoms with Crippen molar-refractivity contribution in [2.45, 2.75) is 0 Å². The first-order valence-corrected chi connectivity index (χ1v) is 19.8. The average molecular weight is 754 g/mol. The number of pyridine rings is 2. The van der Waals surface area contributed by atoms with Crippen LogP contribution in [0.1, 0.15) is 0 Å². The van der Waals surface area contributed by atoms with Crippen LogP contribution >= 0.6 is 0 Å². The summed E-state index contributed by atoms with van der Waals surface area (Å²) in [5, 5.41) is 1.03. The normalized spacial score (nSPS) is 11.4. The molecule has 0 radical (unpaired) electrons. The van der Waals surface area contributed by atoms with E-state index in [1.165, 1.54) is 0 Å². The maximum atomic E-state index is 5.48. The van der Waals surface area contributed by atoms with Gasteiger partial charge in [-0.3, -0.25) is 4.40 Å². The molecule has 59 heavy (non-hydrogen) atoms. The molecule has 4 heterocycles. The molecule has 11 aromatic rings. The number of hydrogen-bond acceptors (Lipinski definition) is 4. The van der Waals surface area contributed by atoms with Gasteiger partial charge in [-0.25, -0.2) is 19.9 Å². The maximum Gasteiger partial charge on any atom is 0.160 e. The van der Waals surface area contributed by atoms with Gasteiger partial charge in [-0.05, 0) is 64.2 Å². The highest BCUT2D eigenvalue weighted by Gasteiger charge is 2.23. The molecule has 0 aliphatic rings. The fraction of sp³-hybridized carbons (Fsp3) is 0. The number of fused-ring (bicyclic) bond motifs is 5. The third kappa shape index (κ3) is 6.22. The van der Waals surface area contributed by atoms with Gasteiger partial charge in [0.2, 0.25) is 0 Å². The first kappa shape index (κ1) is 34.2. The van der Waals surface area contributed by atoms with E-state index in [2.05, 4.69) is 174 Å². The number of hydrogen-bond donors (Lipinski definition) is 0. The van der Waals surface area contributed by atoms with Gasteiger partial charge in [0, 0.05) is 39.4 Å². The Kier molecular flexibility index (Phi) is 8.41. The Morgan fingerprint density at radius 1 is 0.322 bits per heavy atom. The molecule has 0 saturated heterocycles. The van der Waals surface area contributed by atoms with Gasteiger partial charge >= 0.3 is 0 Å². The number of imidazole rings is 1. The van der Waals surface area contributed by atoms with E-state index in [0.717, 1.165) is 100 Å². The lowest BCUT2D eigenvalue weighted by atomic mass is 9.90. The van der Waals surface area contributed by atoms with Crippen molar-refractivity contribution in [3.8, 4) is 78.5 Å². The van der Waals surface area contributed by atoms with Crippen molar-refractivity contribution in [2.75, 3.05) is 0 Å². The van der Waals surface area contributed by atoms with E-state index in [1.807, 2.05) is 42.5 Å². The van der Waals surface area contributed by atoms with Crippen LogP contribution in [0.25, 0.3) is 106 Å². The van der Waals surface area contributed by atoms with Gasteiger partial charge in [0.1, 0.15) is 11.2 Å². The van der Waals surface area contributed by atoms with E-state index >= 15 is 0 Å². The average Bonchev–Trinajstić information content (AvgIpc) is 3.72. The quantitative estimate of drug-likeness (QED) is 0.163. The number of rotatable bonds is 7. The molecule has 0 saturated carbocycles. The lowest BCUT2D eigenvalue weighted by Gasteiger charge is -2.18. The van der Waals surface area contributed by atoms with E-state index in [0.29, 0.717) is 5.82 Å². The first-order valence-electron chi connectivity index (χ1n) is 19.8. The van der Waals surface area contributed by atoms with Gasteiger partial charge in [0.05, 0.1) is 28.1 Å². The smallest absolute Gasteiger partial charge is 0.160 e. The van der Waals surface area contributed by atoms with Crippen molar-refractivity contribution in [1.82, 2.24) is 24.3 Å². The van der Waals surface area contributed by atoms with Gasteiger partial charge in [0.25, 0.3) is 0 Å². The zero-order chi connectivity index (χ0) is 39.1. The van der Waals surface area contributed by atoms with E-state index in [4.69, 9.17) is 19.9 Å². The Hall–Kier alpha value is -8.02. The highest BCUT2D eigenvalue weighted by molar-refractivity contribution is 6.09. The van der Waals surface area contributed by atoms with Crippen LogP contribution in [-0.4, -0.2) is 24.3 Å². The Morgan fingerprint density at radius 3 is 1.42 bits per heavy atom. The summed E-state index contributed by atoms with van der Waals surface area (Å²) >= 11 is 0. The Balaban J connectivity index is 1.21. The van der Waals surface area contributed by atoms with E-state index in [-0.39, 0.29) is 0 Å². The molecule has 0 bridgehead atoms. The molecule has 7 aromatic carbocycles. The molecule has 5 heteroatoms. The van der Waals surface area contributed by atoms with E-state index in [9.17, 15) is 0 Å². The van der Waals surface area contributed by atoms with Gasteiger partial charge in [0.15, 0.2) is 5.82 Å². The Morgan fingerprint density at radius 2 is 0.797 bits per heavy atom. The lowest BCUT2D eigenvalue weighted by Crippen LogP contribution is -2.01. The SMILES string of the molecule is c1ccc(-c2cccc(-c3nc(-c4ccccc4)nc(-c4cccc(-c5ccccc5)c4)c3-c3cccc(-c4nc5ccccc5c5nc6ccccn6c45)c3)c2)cc1. The van der Waals surface area contributed by atoms with Crippen LogP contribution in [0.15, 0.2) is 212 Å². The van der Waals surface area contributed by atoms with Crippen molar-refractivity contribution in [3.63, 3.8) is 0 Å². The minimum Gasteiger partial charge on any atom is -0.298 e. The fourth-order valence-electron chi connectivity index (χ4n) is 8.20. The molecule has 0 unspecified atom stereocenters. The number of para-hydroxylation sites is 1. The molecule has 11 rings (SSSR count). The number of aromatic nitrogens is 5. The van der Waals surface area contributed by atoms with Crippen LogP contribution in [0.4, 0.5) is 0 Å². The Labute approximate surface area is 341 Å². The monoisotopic (exact) mass is 753 g/mol.